The molecule has 1 aromatic carbocycles. The molecule has 1 atom stereocenters. The topological polar surface area (TPSA) is 57.8 Å². The van der Waals surface area contributed by atoms with Crippen LogP contribution in [0.5, 0.6) is 0 Å². The van der Waals surface area contributed by atoms with Gasteiger partial charge in [-0.2, -0.15) is 5.10 Å². The summed E-state index contributed by atoms with van der Waals surface area (Å²) >= 11 is 1.73. The monoisotopic (exact) mass is 245 g/mol. The molecule has 5 heteroatoms. The van der Waals surface area contributed by atoms with Crippen molar-refractivity contribution in [3.8, 4) is 0 Å². The van der Waals surface area contributed by atoms with Crippen LogP contribution >= 0.6 is 11.8 Å². The van der Waals surface area contributed by atoms with Gasteiger partial charge in [-0.1, -0.05) is 18.2 Å². The van der Waals surface area contributed by atoms with Crippen LogP contribution in [0.15, 0.2) is 41.6 Å². The molecule has 1 aliphatic heterocycles. The van der Waals surface area contributed by atoms with Gasteiger partial charge in [0.05, 0.1) is 17.8 Å². The summed E-state index contributed by atoms with van der Waals surface area (Å²) in [5.41, 5.74) is 1.84. The molecule has 0 aliphatic carbocycles. The second-order valence-corrected chi connectivity index (χ2v) is 4.94. The molecule has 17 heavy (non-hydrogen) atoms. The van der Waals surface area contributed by atoms with Crippen LogP contribution in [-0.2, 0) is 4.79 Å². The smallest absolute Gasteiger partial charge is 0.232 e. The number of H-pyrrole nitrogens is 1. The standard InChI is InChI=1S/C12H11N3OS/c16-12(15-8-5-13-14-6-8)10-7-17-11-4-2-1-3-9(10)11/h1-6,10H,7H2,(H,13,14)(H,15,16). The van der Waals surface area contributed by atoms with Crippen molar-refractivity contribution in [1.82, 2.24) is 10.2 Å². The highest BCUT2D eigenvalue weighted by Crippen LogP contribution is 2.39. The number of fused-ring (bicyclic) bond motifs is 1. The van der Waals surface area contributed by atoms with E-state index in [1.54, 1.807) is 24.2 Å². The number of thioether (sulfide) groups is 1. The number of rotatable bonds is 2. The van der Waals surface area contributed by atoms with Gasteiger partial charge in [-0.15, -0.1) is 11.8 Å². The highest BCUT2D eigenvalue weighted by molar-refractivity contribution is 7.99. The Kier molecular flexibility index (Phi) is 2.60. The number of nitrogens with one attached hydrogen (secondary N) is 2. The number of carbonyl (C=O) groups excluding carboxylic acids is 1. The molecular weight excluding hydrogens is 234 g/mol. The maximum Gasteiger partial charge on any atom is 0.232 e. The highest BCUT2D eigenvalue weighted by atomic mass is 32.2. The molecule has 0 radical (unpaired) electrons. The van der Waals surface area contributed by atoms with E-state index >= 15 is 0 Å². The molecule has 2 heterocycles. The highest BCUT2D eigenvalue weighted by Gasteiger charge is 2.28. The number of hydrogen-bond acceptors (Lipinski definition) is 3. The van der Waals surface area contributed by atoms with E-state index in [1.165, 1.54) is 4.90 Å². The van der Waals surface area contributed by atoms with Crippen molar-refractivity contribution in [1.29, 1.82) is 0 Å². The molecule has 86 valence electrons. The average molecular weight is 245 g/mol. The van der Waals surface area contributed by atoms with Gasteiger partial charge in [0.1, 0.15) is 0 Å². The largest absolute Gasteiger partial charge is 0.323 e. The molecule has 0 saturated heterocycles. The van der Waals surface area contributed by atoms with E-state index in [1.807, 2.05) is 18.2 Å². The molecule has 1 amide bonds. The van der Waals surface area contributed by atoms with E-state index in [-0.39, 0.29) is 11.8 Å². The van der Waals surface area contributed by atoms with Crippen LogP contribution in [0.25, 0.3) is 0 Å². The molecule has 0 fully saturated rings. The van der Waals surface area contributed by atoms with Gasteiger partial charge in [-0.05, 0) is 11.6 Å². The van der Waals surface area contributed by atoms with Gasteiger partial charge in [0.15, 0.2) is 0 Å². The second kappa shape index (κ2) is 4.25. The van der Waals surface area contributed by atoms with Gasteiger partial charge in [0, 0.05) is 16.8 Å². The van der Waals surface area contributed by atoms with Crippen molar-refractivity contribution in [2.24, 2.45) is 0 Å². The van der Waals surface area contributed by atoms with E-state index < -0.39 is 0 Å². The first-order valence-corrected chi connectivity index (χ1v) is 6.34. The van der Waals surface area contributed by atoms with Gasteiger partial charge < -0.3 is 5.32 Å². The van der Waals surface area contributed by atoms with Crippen molar-refractivity contribution < 1.29 is 4.79 Å². The van der Waals surface area contributed by atoms with Gasteiger partial charge >= 0.3 is 0 Å². The summed E-state index contributed by atoms with van der Waals surface area (Å²) in [7, 11) is 0. The second-order valence-electron chi connectivity index (χ2n) is 3.88. The average Bonchev–Trinajstić information content (AvgIpc) is 2.96. The minimum atomic E-state index is -0.0638. The van der Waals surface area contributed by atoms with Gasteiger partial charge in [0.25, 0.3) is 0 Å². The quantitative estimate of drug-likeness (QED) is 0.853. The SMILES string of the molecule is O=C(Nc1cn[nH]c1)C1CSc2ccccc21. The fraction of sp³-hybridized carbons (Fsp3) is 0.167. The summed E-state index contributed by atoms with van der Waals surface area (Å²) in [6.07, 6.45) is 3.28. The van der Waals surface area contributed by atoms with Crippen LogP contribution < -0.4 is 5.32 Å². The van der Waals surface area contributed by atoms with E-state index in [0.29, 0.717) is 5.69 Å². The number of benzene rings is 1. The van der Waals surface area contributed by atoms with E-state index in [0.717, 1.165) is 11.3 Å². The Bertz CT molecular complexity index is 538. The van der Waals surface area contributed by atoms with Crippen molar-refractivity contribution in [2.45, 2.75) is 10.8 Å². The Labute approximate surface area is 103 Å². The molecule has 4 nitrogen and oxygen atoms in total. The predicted molar refractivity (Wildman–Crippen MR) is 67.1 cm³/mol. The lowest BCUT2D eigenvalue weighted by Crippen LogP contribution is -2.20. The van der Waals surface area contributed by atoms with Crippen molar-refractivity contribution in [3.05, 3.63) is 42.2 Å². The fourth-order valence-corrected chi connectivity index (χ4v) is 3.16. The van der Waals surface area contributed by atoms with Crippen LogP contribution in [0.3, 0.4) is 0 Å². The lowest BCUT2D eigenvalue weighted by molar-refractivity contribution is -0.117. The molecule has 2 aromatic rings. The zero-order valence-corrected chi connectivity index (χ0v) is 9.83. The van der Waals surface area contributed by atoms with Crippen LogP contribution in [0.2, 0.25) is 0 Å². The zero-order valence-electron chi connectivity index (χ0n) is 9.01. The number of amides is 1. The van der Waals surface area contributed by atoms with Gasteiger partial charge in [-0.3, -0.25) is 9.89 Å². The van der Waals surface area contributed by atoms with E-state index in [9.17, 15) is 4.79 Å². The lowest BCUT2D eigenvalue weighted by Gasteiger charge is -2.09. The third-order valence-electron chi connectivity index (χ3n) is 2.78. The first-order valence-electron chi connectivity index (χ1n) is 5.36. The van der Waals surface area contributed by atoms with Crippen molar-refractivity contribution >= 4 is 23.4 Å². The first kappa shape index (κ1) is 10.4. The molecule has 0 bridgehead atoms. The molecule has 2 N–H and O–H groups in total. The molecule has 1 aliphatic rings. The van der Waals surface area contributed by atoms with Crippen LogP contribution in [0.4, 0.5) is 5.69 Å². The number of anilines is 1. The Hall–Kier alpha value is -1.75. The van der Waals surface area contributed by atoms with Crippen molar-refractivity contribution in [3.63, 3.8) is 0 Å². The molecular formula is C12H11N3OS. The summed E-state index contributed by atoms with van der Waals surface area (Å²) in [5.74, 6) is 0.776. The van der Waals surface area contributed by atoms with E-state index in [2.05, 4.69) is 21.6 Å². The zero-order chi connectivity index (χ0) is 11.7. The minimum absolute atomic E-state index is 0.0313. The minimum Gasteiger partial charge on any atom is -0.323 e. The third-order valence-corrected chi connectivity index (χ3v) is 3.96. The van der Waals surface area contributed by atoms with Crippen LogP contribution in [-0.4, -0.2) is 21.9 Å². The number of carbonyl (C=O) groups is 1. The maximum atomic E-state index is 12.1. The third kappa shape index (κ3) is 1.93. The first-order chi connectivity index (χ1) is 8.34. The summed E-state index contributed by atoms with van der Waals surface area (Å²) in [6.45, 7) is 0. The molecule has 1 unspecified atom stereocenters. The van der Waals surface area contributed by atoms with E-state index in [4.69, 9.17) is 0 Å². The van der Waals surface area contributed by atoms with Gasteiger partial charge in [0.2, 0.25) is 5.91 Å². The number of nitrogens with zero attached hydrogens (tertiary/aromatic N) is 1. The Morgan fingerprint density at radius 1 is 1.47 bits per heavy atom. The number of aromatic nitrogens is 2. The molecule has 1 aromatic heterocycles. The molecule has 0 spiro atoms. The summed E-state index contributed by atoms with van der Waals surface area (Å²) in [6, 6.07) is 8.06. The maximum absolute atomic E-state index is 12.1. The summed E-state index contributed by atoms with van der Waals surface area (Å²) < 4.78 is 0. The Morgan fingerprint density at radius 2 is 2.35 bits per heavy atom. The lowest BCUT2D eigenvalue weighted by atomic mass is 10.0. The Morgan fingerprint density at radius 3 is 3.18 bits per heavy atom. The van der Waals surface area contributed by atoms with Gasteiger partial charge in [-0.25, -0.2) is 0 Å². The predicted octanol–water partition coefficient (Wildman–Crippen LogP) is 2.24. The Balaban J connectivity index is 1.80. The normalized spacial score (nSPS) is 17.8. The summed E-state index contributed by atoms with van der Waals surface area (Å²) in [4.78, 5) is 13.3. The number of aromatic amines is 1. The van der Waals surface area contributed by atoms with Crippen LogP contribution in [0, 0.1) is 0 Å². The fourth-order valence-electron chi connectivity index (χ4n) is 1.93. The van der Waals surface area contributed by atoms with Crippen LogP contribution in [0.1, 0.15) is 11.5 Å². The van der Waals surface area contributed by atoms with Crippen molar-refractivity contribution in [2.75, 3.05) is 11.1 Å². The molecule has 3 rings (SSSR count). The molecule has 0 saturated carbocycles. The summed E-state index contributed by atoms with van der Waals surface area (Å²) in [5, 5.41) is 9.33. The number of hydrogen-bond donors (Lipinski definition) is 2.